The molecule has 0 aliphatic carbocycles. The van der Waals surface area contributed by atoms with Gasteiger partial charge in [0.05, 0.1) is 32.3 Å². The second-order valence-electron chi connectivity index (χ2n) is 3.37. The van der Waals surface area contributed by atoms with Crippen LogP contribution in [0.3, 0.4) is 0 Å². The molecule has 0 aliphatic rings. The Morgan fingerprint density at radius 3 is 2.47 bits per heavy atom. The van der Waals surface area contributed by atoms with Gasteiger partial charge in [-0.2, -0.15) is 0 Å². The maximum Gasteiger partial charge on any atom is 0.170 e. The molecule has 0 bridgehead atoms. The second-order valence-corrected chi connectivity index (χ2v) is 3.37. The van der Waals surface area contributed by atoms with Gasteiger partial charge < -0.3 is 15.2 Å². The van der Waals surface area contributed by atoms with Crippen LogP contribution in [0.1, 0.15) is 0 Å². The van der Waals surface area contributed by atoms with Gasteiger partial charge in [-0.05, 0) is 12.1 Å². The SMILES string of the molecule is COc1cccc(-c2cnc(N)cn2)c1OC. The summed E-state index contributed by atoms with van der Waals surface area (Å²) in [4.78, 5) is 8.21. The highest BCUT2D eigenvalue weighted by Gasteiger charge is 2.12. The van der Waals surface area contributed by atoms with Gasteiger partial charge in [0.25, 0.3) is 0 Å². The number of para-hydroxylation sites is 1. The summed E-state index contributed by atoms with van der Waals surface area (Å²) in [6, 6.07) is 5.59. The largest absolute Gasteiger partial charge is 0.493 e. The Hall–Kier alpha value is -2.30. The highest BCUT2D eigenvalue weighted by molar-refractivity contribution is 5.70. The van der Waals surface area contributed by atoms with Crippen LogP contribution >= 0.6 is 0 Å². The molecule has 0 aliphatic heterocycles. The topological polar surface area (TPSA) is 70.3 Å². The molecular weight excluding hydrogens is 218 g/mol. The van der Waals surface area contributed by atoms with E-state index in [0.29, 0.717) is 23.0 Å². The number of hydrogen-bond donors (Lipinski definition) is 1. The molecule has 0 fully saturated rings. The van der Waals surface area contributed by atoms with Gasteiger partial charge in [0.2, 0.25) is 0 Å². The van der Waals surface area contributed by atoms with Gasteiger partial charge in [0.15, 0.2) is 11.5 Å². The molecule has 5 nitrogen and oxygen atoms in total. The maximum atomic E-state index is 5.50. The van der Waals surface area contributed by atoms with Crippen molar-refractivity contribution < 1.29 is 9.47 Å². The molecule has 0 saturated carbocycles. The molecule has 0 radical (unpaired) electrons. The zero-order chi connectivity index (χ0) is 12.3. The molecule has 0 saturated heterocycles. The minimum atomic E-state index is 0.385. The summed E-state index contributed by atoms with van der Waals surface area (Å²) in [6.45, 7) is 0. The number of nitrogens with two attached hydrogens (primary N) is 1. The molecule has 88 valence electrons. The third-order valence-corrected chi connectivity index (χ3v) is 2.35. The predicted octanol–water partition coefficient (Wildman–Crippen LogP) is 1.74. The molecule has 1 aromatic carbocycles. The number of aromatic nitrogens is 2. The lowest BCUT2D eigenvalue weighted by atomic mass is 10.1. The van der Waals surface area contributed by atoms with Crippen molar-refractivity contribution in [1.82, 2.24) is 9.97 Å². The van der Waals surface area contributed by atoms with E-state index in [2.05, 4.69) is 9.97 Å². The van der Waals surface area contributed by atoms with Crippen molar-refractivity contribution in [1.29, 1.82) is 0 Å². The Morgan fingerprint density at radius 2 is 1.88 bits per heavy atom. The van der Waals surface area contributed by atoms with Crippen molar-refractivity contribution in [3.05, 3.63) is 30.6 Å². The number of benzene rings is 1. The number of nitrogens with zero attached hydrogens (tertiary/aromatic N) is 2. The highest BCUT2D eigenvalue weighted by atomic mass is 16.5. The number of nitrogen functional groups attached to an aromatic ring is 1. The van der Waals surface area contributed by atoms with Gasteiger partial charge in [-0.25, -0.2) is 4.98 Å². The van der Waals surface area contributed by atoms with Crippen LogP contribution in [0.4, 0.5) is 5.82 Å². The zero-order valence-corrected chi connectivity index (χ0v) is 9.68. The Morgan fingerprint density at radius 1 is 1.06 bits per heavy atom. The third kappa shape index (κ3) is 2.13. The zero-order valence-electron chi connectivity index (χ0n) is 9.68. The molecule has 0 spiro atoms. The Balaban J connectivity index is 2.54. The number of methoxy groups -OCH3 is 2. The average molecular weight is 231 g/mol. The van der Waals surface area contributed by atoms with Crippen molar-refractivity contribution in [2.75, 3.05) is 20.0 Å². The lowest BCUT2D eigenvalue weighted by Crippen LogP contribution is -1.96. The van der Waals surface area contributed by atoms with E-state index in [1.54, 1.807) is 20.4 Å². The quantitative estimate of drug-likeness (QED) is 0.871. The van der Waals surface area contributed by atoms with Crippen LogP contribution in [0.2, 0.25) is 0 Å². The monoisotopic (exact) mass is 231 g/mol. The van der Waals surface area contributed by atoms with Gasteiger partial charge >= 0.3 is 0 Å². The standard InChI is InChI=1S/C12H13N3O2/c1-16-10-5-3-4-8(12(10)17-2)9-6-15-11(13)7-14-9/h3-7H,1-2H3,(H2,13,15). The molecule has 0 atom stereocenters. The van der Waals surface area contributed by atoms with E-state index in [0.717, 1.165) is 5.56 Å². The van der Waals surface area contributed by atoms with Gasteiger partial charge in [0, 0.05) is 5.56 Å². The summed E-state index contributed by atoms with van der Waals surface area (Å²) < 4.78 is 10.6. The van der Waals surface area contributed by atoms with Crippen molar-refractivity contribution >= 4 is 5.82 Å². The molecule has 17 heavy (non-hydrogen) atoms. The third-order valence-electron chi connectivity index (χ3n) is 2.35. The van der Waals surface area contributed by atoms with Gasteiger partial charge in [-0.1, -0.05) is 6.07 Å². The van der Waals surface area contributed by atoms with Crippen LogP contribution in [-0.2, 0) is 0 Å². The minimum absolute atomic E-state index is 0.385. The first-order valence-corrected chi connectivity index (χ1v) is 5.05. The highest BCUT2D eigenvalue weighted by Crippen LogP contribution is 2.36. The molecule has 5 heteroatoms. The van der Waals surface area contributed by atoms with E-state index in [-0.39, 0.29) is 0 Å². The number of anilines is 1. The molecule has 2 rings (SSSR count). The van der Waals surface area contributed by atoms with E-state index < -0.39 is 0 Å². The number of hydrogen-bond acceptors (Lipinski definition) is 5. The van der Waals surface area contributed by atoms with E-state index in [1.807, 2.05) is 18.2 Å². The normalized spacial score (nSPS) is 10.0. The summed E-state index contributed by atoms with van der Waals surface area (Å²) in [6.07, 6.45) is 3.11. The Labute approximate surface area is 99.2 Å². The summed E-state index contributed by atoms with van der Waals surface area (Å²) in [5.74, 6) is 1.67. The number of ether oxygens (including phenoxy) is 2. The molecule has 1 heterocycles. The first-order chi connectivity index (χ1) is 8.26. The smallest absolute Gasteiger partial charge is 0.170 e. The summed E-state index contributed by atoms with van der Waals surface area (Å²) in [5.41, 5.74) is 7.01. The fourth-order valence-electron chi connectivity index (χ4n) is 1.57. The van der Waals surface area contributed by atoms with Gasteiger partial charge in [-0.3, -0.25) is 4.98 Å². The van der Waals surface area contributed by atoms with Crippen LogP contribution in [0.25, 0.3) is 11.3 Å². The van der Waals surface area contributed by atoms with Crippen molar-refractivity contribution in [3.8, 4) is 22.8 Å². The lowest BCUT2D eigenvalue weighted by Gasteiger charge is -2.11. The molecule has 2 N–H and O–H groups in total. The molecule has 1 aromatic heterocycles. The maximum absolute atomic E-state index is 5.50. The van der Waals surface area contributed by atoms with Gasteiger partial charge in [-0.15, -0.1) is 0 Å². The van der Waals surface area contributed by atoms with E-state index in [4.69, 9.17) is 15.2 Å². The van der Waals surface area contributed by atoms with Crippen LogP contribution in [0.15, 0.2) is 30.6 Å². The van der Waals surface area contributed by atoms with Crippen molar-refractivity contribution in [2.24, 2.45) is 0 Å². The summed E-state index contributed by atoms with van der Waals surface area (Å²) in [7, 11) is 3.18. The summed E-state index contributed by atoms with van der Waals surface area (Å²) in [5, 5.41) is 0. The predicted molar refractivity (Wildman–Crippen MR) is 65.0 cm³/mol. The van der Waals surface area contributed by atoms with Crippen LogP contribution in [0.5, 0.6) is 11.5 Å². The van der Waals surface area contributed by atoms with Gasteiger partial charge in [0.1, 0.15) is 5.82 Å². The fourth-order valence-corrected chi connectivity index (χ4v) is 1.57. The molecule has 0 amide bonds. The first kappa shape index (κ1) is 11.2. The average Bonchev–Trinajstić information content (AvgIpc) is 2.38. The van der Waals surface area contributed by atoms with Crippen LogP contribution in [0, 0.1) is 0 Å². The molecule has 0 unspecified atom stereocenters. The first-order valence-electron chi connectivity index (χ1n) is 5.05. The van der Waals surface area contributed by atoms with Crippen LogP contribution < -0.4 is 15.2 Å². The van der Waals surface area contributed by atoms with E-state index >= 15 is 0 Å². The van der Waals surface area contributed by atoms with Crippen LogP contribution in [-0.4, -0.2) is 24.2 Å². The van der Waals surface area contributed by atoms with Crippen molar-refractivity contribution in [3.63, 3.8) is 0 Å². The van der Waals surface area contributed by atoms with Crippen molar-refractivity contribution in [2.45, 2.75) is 0 Å². The second kappa shape index (κ2) is 4.69. The van der Waals surface area contributed by atoms with E-state index in [9.17, 15) is 0 Å². The number of rotatable bonds is 3. The molecular formula is C12H13N3O2. The minimum Gasteiger partial charge on any atom is -0.493 e. The lowest BCUT2D eigenvalue weighted by molar-refractivity contribution is 0.356. The Kier molecular flexibility index (Phi) is 3.09. The van der Waals surface area contributed by atoms with E-state index in [1.165, 1.54) is 6.20 Å². The fraction of sp³-hybridized carbons (Fsp3) is 0.167. The molecule has 2 aromatic rings. The summed E-state index contributed by atoms with van der Waals surface area (Å²) >= 11 is 0. The Bertz CT molecular complexity index is 512.